The number of nitrogens with one attached hydrogen (secondary N) is 8. The molecule has 109 heavy (non-hydrogen) atoms. The van der Waals surface area contributed by atoms with Gasteiger partial charge in [-0.1, -0.05) is 99.5 Å². The molecule has 7 amide bonds. The van der Waals surface area contributed by atoms with Crippen LogP contribution < -0.4 is 61.5 Å². The molecule has 7 aromatic carbocycles. The largest absolute Gasteiger partial charge is 0.508 e. The van der Waals surface area contributed by atoms with Crippen LogP contribution in [-0.2, 0) is 49.5 Å². The Bertz CT molecular complexity index is 4720. The highest BCUT2D eigenvalue weighted by Gasteiger charge is 2.48. The molecule has 13 atom stereocenters. The van der Waals surface area contributed by atoms with Gasteiger partial charge < -0.3 is 117 Å². The second-order valence-corrected chi connectivity index (χ2v) is 28.2. The van der Waals surface area contributed by atoms with E-state index in [0.717, 1.165) is 92.4 Å². The van der Waals surface area contributed by atoms with Crippen molar-refractivity contribution in [2.75, 3.05) is 13.7 Å². The molecule has 33 heteroatoms. The van der Waals surface area contributed by atoms with E-state index in [1.807, 2.05) is 0 Å². The molecule has 1 saturated heterocycles. The van der Waals surface area contributed by atoms with Crippen LogP contribution in [-0.4, -0.2) is 155 Å². The normalized spacial score (nSPS) is 24.0. The van der Waals surface area contributed by atoms with E-state index in [4.69, 9.17) is 46.9 Å². The van der Waals surface area contributed by atoms with Crippen molar-refractivity contribution >= 4 is 70.5 Å². The summed E-state index contributed by atoms with van der Waals surface area (Å²) in [5, 5.41) is 134. The summed E-state index contributed by atoms with van der Waals surface area (Å²) in [6, 6.07) is 6.53. The number of carbonyl (C=O) groups is 8. The highest BCUT2D eigenvalue weighted by atomic mass is 35.5. The lowest BCUT2D eigenvalue weighted by atomic mass is 9.89. The molecule has 7 aliphatic heterocycles. The molecule has 0 aliphatic carbocycles. The van der Waals surface area contributed by atoms with E-state index in [0.29, 0.717) is 24.3 Å². The zero-order chi connectivity index (χ0) is 78.0. The van der Waals surface area contributed by atoms with Crippen LogP contribution in [0.15, 0.2) is 115 Å². The Kier molecular flexibility index (Phi) is 23.3. The van der Waals surface area contributed by atoms with Gasteiger partial charge in [-0.3, -0.25) is 33.6 Å². The molecule has 0 radical (unpaired) electrons. The summed E-state index contributed by atoms with van der Waals surface area (Å²) in [4.78, 5) is 120. The van der Waals surface area contributed by atoms with Crippen molar-refractivity contribution in [3.05, 3.63) is 164 Å². The van der Waals surface area contributed by atoms with Crippen LogP contribution in [0.3, 0.4) is 0 Å². The number of hydrogen-bond donors (Lipinski definition) is 18. The fourth-order valence-electron chi connectivity index (χ4n) is 13.7. The van der Waals surface area contributed by atoms with Gasteiger partial charge in [-0.2, -0.15) is 0 Å². The number of aliphatic carboxylic acids is 1. The number of likely N-dealkylation sites (N-methyl/N-ethyl adjacent to an activating group) is 1. The lowest BCUT2D eigenvalue weighted by Gasteiger charge is -2.42. The van der Waals surface area contributed by atoms with Gasteiger partial charge in [0.25, 0.3) is 0 Å². The first-order valence-corrected chi connectivity index (χ1v) is 35.7. The summed E-state index contributed by atoms with van der Waals surface area (Å²) in [6.45, 7) is 3.33. The summed E-state index contributed by atoms with van der Waals surface area (Å²) in [5.74, 6) is -15.5. The number of carbonyl (C=O) groups excluding carboxylic acids is 7. The van der Waals surface area contributed by atoms with E-state index in [2.05, 4.69) is 56.4 Å². The number of benzene rings is 7. The Balaban J connectivity index is 1.09. The first kappa shape index (κ1) is 77.5. The lowest BCUT2D eigenvalue weighted by Crippen LogP contribution is -2.65. The van der Waals surface area contributed by atoms with Crippen molar-refractivity contribution in [2.45, 2.75) is 144 Å². The van der Waals surface area contributed by atoms with Crippen molar-refractivity contribution in [2.24, 2.45) is 5.92 Å². The number of rotatable bonds is 14. The zero-order valence-corrected chi connectivity index (χ0v) is 60.0. The van der Waals surface area contributed by atoms with Gasteiger partial charge in [-0.05, 0) is 120 Å². The molecule has 574 valence electrons. The van der Waals surface area contributed by atoms with E-state index in [1.165, 1.54) is 55.6 Å². The van der Waals surface area contributed by atoms with Crippen LogP contribution in [0.2, 0.25) is 10.0 Å². The third-order valence-corrected chi connectivity index (χ3v) is 20.1. The molecule has 0 aromatic heterocycles. The van der Waals surface area contributed by atoms with Gasteiger partial charge in [0.15, 0.2) is 29.0 Å². The van der Waals surface area contributed by atoms with Gasteiger partial charge in [-0.25, -0.2) is 4.79 Å². The maximum Gasteiger partial charge on any atom is 0.330 e. The maximum absolute atomic E-state index is 16.4. The van der Waals surface area contributed by atoms with E-state index in [1.54, 1.807) is 0 Å². The minimum atomic E-state index is -2.33. The molecule has 7 aliphatic rings. The molecule has 17 bridgehead atoms. The lowest BCUT2D eigenvalue weighted by molar-refractivity contribution is -0.244. The molecule has 7 aromatic rings. The first-order valence-electron chi connectivity index (χ1n) is 34.9. The molecule has 1 fully saturated rings. The number of unbranched alkanes of at least 4 members (excludes halogenated alkanes) is 4. The maximum atomic E-state index is 16.4. The number of aliphatic hydroxyl groups excluding tert-OH is 4. The molecule has 7 heterocycles. The van der Waals surface area contributed by atoms with Gasteiger partial charge in [0.05, 0.1) is 16.7 Å². The molecule has 14 rings (SSSR count). The summed E-state index contributed by atoms with van der Waals surface area (Å²) in [5.41, 5.74) is -2.44. The van der Waals surface area contributed by atoms with Crippen molar-refractivity contribution in [3.8, 4) is 80.1 Å². The number of fused-ring (bicyclic) bond motifs is 14. The number of phenolic OH excluding ortho intramolecular Hbond substituents is 5. The Morgan fingerprint density at radius 2 is 1.22 bits per heavy atom. The van der Waals surface area contributed by atoms with E-state index >= 15 is 19.2 Å². The minimum Gasteiger partial charge on any atom is -0.508 e. The predicted molar refractivity (Wildman–Crippen MR) is 386 cm³/mol. The number of carboxylic acids is 1. The van der Waals surface area contributed by atoms with Crippen LogP contribution in [0.4, 0.5) is 0 Å². The number of amides is 7. The Labute approximate surface area is 631 Å². The van der Waals surface area contributed by atoms with Crippen molar-refractivity contribution in [1.82, 2.24) is 42.5 Å². The molecule has 18 N–H and O–H groups in total. The highest BCUT2D eigenvalue weighted by Crippen LogP contribution is 2.50. The smallest absolute Gasteiger partial charge is 0.330 e. The van der Waals surface area contributed by atoms with Crippen LogP contribution >= 0.6 is 23.2 Å². The standard InChI is InChI=1S/C76H78Cl2N8O23/c1-32(2)9-7-5-4-6-8-10-55(93)81-64-67(96)66(95)54(31-87)108-76(64)109-68-52-25-37-26-53(68)107-50-20-15-36(23-44(50)77)65(94)63-74(102)85-62(75(103)104)42-27-38(88)28-48(91)56(42)41-22-34(13-18-46(41)89)59(71(99)86-63)82-72(100)60(37)83-73(101)61-43-29-40(30-49(92)57(43)78)106-51-24-35(14-19-47(51)90)58(79-3)70(98)80-45(69(97)84-61)21-33-11-16-39(105-52)17-12-33/h11-20,22-30,32,45,54,58-67,76,79,87-92,94-96H,4-10,21,31H2,1-3H3,(H,80,98)(H,81,93)(H,82,100)(H,83,101)(H,84,97)(H,85,102)(H,86,99)(H,103,104)/t45-,54-,58-,59-,60-,61+,62-,63+,64-,65-,66-,67-,76+/m1/s1. The topological polar surface area (TPSA) is 481 Å². The Morgan fingerprint density at radius 3 is 1.93 bits per heavy atom. The number of aliphatic hydroxyl groups is 4. The van der Waals surface area contributed by atoms with E-state index in [-0.39, 0.29) is 52.5 Å². The fourth-order valence-corrected chi connectivity index (χ4v) is 14.1. The van der Waals surface area contributed by atoms with Crippen LogP contribution in [0, 0.1) is 5.92 Å². The van der Waals surface area contributed by atoms with Gasteiger partial charge in [0.1, 0.15) is 107 Å². The number of phenols is 5. The van der Waals surface area contributed by atoms with E-state index in [9.17, 15) is 70.2 Å². The van der Waals surface area contributed by atoms with Gasteiger partial charge in [0.2, 0.25) is 53.4 Å². The summed E-state index contributed by atoms with van der Waals surface area (Å²) in [7, 11) is 1.45. The SMILES string of the molecule is CN[C@H]1C(=O)N[C@@H]2Cc3ccc(cc3)Oc3cc4cc(c3O[C@@H]3O[C@H](CO)[C@@H](O)[C@H](O)[C@H]3NC(=O)CCCCCCCC(C)C)Oc3ccc(cc3Cl)[C@@H](O)[C@@H]3NC(=O)[C@H](NC(=O)[C@@H]4NC(=O)[C@@H](NC2=O)c2cc(cc(O)c2Cl)Oc2cc1ccc2O)c1ccc(O)c(c1)-c1c(O)cc(O)cc1[C@H](C(=O)O)NC3=O. The minimum absolute atomic E-state index is 0.0571. The highest BCUT2D eigenvalue weighted by molar-refractivity contribution is 6.33. The quantitative estimate of drug-likeness (QED) is 0.0536. The average Bonchev–Trinajstić information content (AvgIpc) is 0.770. The zero-order valence-electron chi connectivity index (χ0n) is 58.5. The van der Waals surface area contributed by atoms with Crippen LogP contribution in [0.25, 0.3) is 11.1 Å². The Morgan fingerprint density at radius 1 is 0.578 bits per heavy atom. The monoisotopic (exact) mass is 1540 g/mol. The molecule has 0 spiro atoms. The van der Waals surface area contributed by atoms with Crippen LogP contribution in [0.1, 0.15) is 134 Å². The fraction of sp³-hybridized carbons (Fsp3) is 0.342. The van der Waals surface area contributed by atoms with E-state index < -0.39 is 217 Å². The molecule has 31 nitrogen and oxygen atoms in total. The average molecular weight is 1540 g/mol. The summed E-state index contributed by atoms with van der Waals surface area (Å²) >= 11 is 14.1. The van der Waals surface area contributed by atoms with Crippen molar-refractivity contribution in [3.63, 3.8) is 0 Å². The number of carboxylic acid groups (broad SMARTS) is 1. The van der Waals surface area contributed by atoms with Gasteiger partial charge >= 0.3 is 5.97 Å². The molecular weight excluding hydrogens is 1460 g/mol. The molecule has 0 saturated carbocycles. The third kappa shape index (κ3) is 16.8. The predicted octanol–water partition coefficient (Wildman–Crippen LogP) is 6.23. The third-order valence-electron chi connectivity index (χ3n) is 19.4. The summed E-state index contributed by atoms with van der Waals surface area (Å²) in [6.07, 6.45) is -5.07. The number of halogens is 2. The number of ether oxygens (including phenoxy) is 5. The first-order chi connectivity index (χ1) is 52.1. The van der Waals surface area contributed by atoms with Crippen molar-refractivity contribution < 1.29 is 113 Å². The second-order valence-electron chi connectivity index (χ2n) is 27.4. The van der Waals surface area contributed by atoms with Gasteiger partial charge in [-0.15, -0.1) is 0 Å². The summed E-state index contributed by atoms with van der Waals surface area (Å²) < 4.78 is 32.5. The van der Waals surface area contributed by atoms with Crippen LogP contribution in [0.5, 0.6) is 69.0 Å². The number of hydrogen-bond acceptors (Lipinski definition) is 23. The molecule has 0 unspecified atom stereocenters. The van der Waals surface area contributed by atoms with Crippen molar-refractivity contribution in [1.29, 1.82) is 0 Å². The number of aromatic hydroxyl groups is 5. The second kappa shape index (κ2) is 32.7. The molecular formula is C76H78Cl2N8O23. The Hall–Kier alpha value is -11.2. The van der Waals surface area contributed by atoms with Gasteiger partial charge in [0, 0.05) is 47.2 Å².